The molecule has 1 unspecified atom stereocenters. The van der Waals surface area contributed by atoms with E-state index in [-0.39, 0.29) is 17.5 Å². The summed E-state index contributed by atoms with van der Waals surface area (Å²) in [6.07, 6.45) is 2.91. The zero-order valence-corrected chi connectivity index (χ0v) is 21.0. The molecule has 2 aliphatic rings. The van der Waals surface area contributed by atoms with Crippen molar-refractivity contribution in [2.24, 2.45) is 11.3 Å². The van der Waals surface area contributed by atoms with Gasteiger partial charge in [0.15, 0.2) is 0 Å². The molecule has 2 atom stereocenters. The van der Waals surface area contributed by atoms with Crippen molar-refractivity contribution < 1.29 is 4.79 Å². The molecule has 0 bridgehead atoms. The lowest BCUT2D eigenvalue weighted by Gasteiger charge is -2.49. The van der Waals surface area contributed by atoms with Crippen LogP contribution < -0.4 is 5.32 Å². The number of carbonyl (C=O) groups excluding carboxylic acids is 1. The lowest BCUT2D eigenvalue weighted by Crippen LogP contribution is -2.60. The number of piperazine rings is 1. The lowest BCUT2D eigenvalue weighted by atomic mass is 9.82. The van der Waals surface area contributed by atoms with E-state index in [0.717, 1.165) is 50.6 Å². The van der Waals surface area contributed by atoms with E-state index in [2.05, 4.69) is 78.4 Å². The Kier molecular flexibility index (Phi) is 7.78. The van der Waals surface area contributed by atoms with Crippen LogP contribution in [0.25, 0.3) is 0 Å². The van der Waals surface area contributed by atoms with Crippen LogP contribution in [-0.4, -0.2) is 54.5 Å². The maximum atomic E-state index is 13.4. The summed E-state index contributed by atoms with van der Waals surface area (Å²) in [5, 5.41) is 4.17. The van der Waals surface area contributed by atoms with Crippen LogP contribution in [0.4, 0.5) is 0 Å². The van der Waals surface area contributed by atoms with Gasteiger partial charge in [-0.25, -0.2) is 0 Å². The average Bonchev–Trinajstić information content (AvgIpc) is 2.81. The quantitative estimate of drug-likeness (QED) is 0.641. The second-order valence-corrected chi connectivity index (χ2v) is 11.2. The van der Waals surface area contributed by atoms with Crippen LogP contribution >= 0.6 is 11.6 Å². The van der Waals surface area contributed by atoms with Gasteiger partial charge in [0.2, 0.25) is 5.91 Å². The first-order valence-electron chi connectivity index (χ1n) is 12.4. The molecule has 0 spiro atoms. The lowest BCUT2D eigenvalue weighted by molar-refractivity contribution is -0.141. The summed E-state index contributed by atoms with van der Waals surface area (Å²) in [6, 6.07) is 19.3. The molecule has 4 rings (SSSR count). The van der Waals surface area contributed by atoms with E-state index in [9.17, 15) is 4.79 Å². The molecule has 1 N–H and O–H groups in total. The molecule has 5 heteroatoms. The van der Waals surface area contributed by atoms with Crippen molar-refractivity contribution in [1.82, 2.24) is 15.1 Å². The largest absolute Gasteiger partial charge is 0.337 e. The Morgan fingerprint density at radius 1 is 1.00 bits per heavy atom. The van der Waals surface area contributed by atoms with Gasteiger partial charge in [0.05, 0.1) is 6.04 Å². The van der Waals surface area contributed by atoms with Gasteiger partial charge in [0.25, 0.3) is 0 Å². The number of nitrogens with zero attached hydrogens (tertiary/aromatic N) is 2. The predicted octanol–water partition coefficient (Wildman–Crippen LogP) is 5.38. The molecule has 0 aromatic heterocycles. The van der Waals surface area contributed by atoms with E-state index in [1.54, 1.807) is 0 Å². The molecule has 178 valence electrons. The van der Waals surface area contributed by atoms with E-state index >= 15 is 0 Å². The molecule has 2 aromatic rings. The second kappa shape index (κ2) is 10.6. The molecule has 1 amide bonds. The molecule has 0 radical (unpaired) electrons. The van der Waals surface area contributed by atoms with Crippen LogP contribution in [0.1, 0.15) is 57.2 Å². The van der Waals surface area contributed by atoms with Crippen LogP contribution in [-0.2, 0) is 4.79 Å². The van der Waals surface area contributed by atoms with Crippen LogP contribution in [0.3, 0.4) is 0 Å². The van der Waals surface area contributed by atoms with Crippen molar-refractivity contribution in [3.05, 3.63) is 70.7 Å². The minimum absolute atomic E-state index is 0.00366. The molecular weight excluding hydrogens is 430 g/mol. The van der Waals surface area contributed by atoms with Gasteiger partial charge in [-0.3, -0.25) is 9.69 Å². The van der Waals surface area contributed by atoms with E-state index in [0.29, 0.717) is 18.2 Å². The van der Waals surface area contributed by atoms with Gasteiger partial charge in [0.1, 0.15) is 0 Å². The Bertz CT molecular complexity index is 903. The zero-order valence-electron chi connectivity index (χ0n) is 20.3. The summed E-state index contributed by atoms with van der Waals surface area (Å²) >= 11 is 6.20. The summed E-state index contributed by atoms with van der Waals surface area (Å²) < 4.78 is 0. The van der Waals surface area contributed by atoms with Gasteiger partial charge in [-0.1, -0.05) is 74.8 Å². The standard InChI is InChI=1S/C28H38ClN3O/c1-28(2,3)25-20-31(17-18-32(25)26(33)19-21-13-15-30-16-14-21)27(22-7-5-4-6-8-22)23-9-11-24(29)12-10-23/h4-12,21,25,27,30H,13-20H2,1-3H3/t25-,27?/m1/s1. The molecule has 4 nitrogen and oxygen atoms in total. The van der Waals surface area contributed by atoms with Gasteiger partial charge in [-0.15, -0.1) is 0 Å². The first-order valence-corrected chi connectivity index (χ1v) is 12.8. The van der Waals surface area contributed by atoms with Crippen molar-refractivity contribution >= 4 is 17.5 Å². The number of hydrogen-bond acceptors (Lipinski definition) is 3. The number of halogens is 1. The fourth-order valence-electron chi connectivity index (χ4n) is 5.42. The highest BCUT2D eigenvalue weighted by Gasteiger charge is 2.40. The molecule has 2 fully saturated rings. The Balaban J connectivity index is 1.57. The number of carbonyl (C=O) groups is 1. The van der Waals surface area contributed by atoms with E-state index in [1.165, 1.54) is 11.1 Å². The average molecular weight is 468 g/mol. The maximum absolute atomic E-state index is 13.4. The first kappa shape index (κ1) is 24.3. The van der Waals surface area contributed by atoms with Crippen LogP contribution in [0.5, 0.6) is 0 Å². The molecule has 2 saturated heterocycles. The number of piperidine rings is 1. The van der Waals surface area contributed by atoms with Crippen molar-refractivity contribution in [1.29, 1.82) is 0 Å². The SMILES string of the molecule is CC(C)(C)[C@H]1CN(C(c2ccccc2)c2ccc(Cl)cc2)CCN1C(=O)CC1CCNCC1. The molecular formula is C28H38ClN3O. The summed E-state index contributed by atoms with van der Waals surface area (Å²) in [5.41, 5.74) is 2.53. The predicted molar refractivity (Wildman–Crippen MR) is 136 cm³/mol. The fourth-order valence-corrected chi connectivity index (χ4v) is 5.55. The summed E-state index contributed by atoms with van der Waals surface area (Å²) in [5.74, 6) is 0.854. The number of hydrogen-bond donors (Lipinski definition) is 1. The van der Waals surface area contributed by atoms with Crippen molar-refractivity contribution in [3.8, 4) is 0 Å². The minimum Gasteiger partial charge on any atom is -0.337 e. The van der Waals surface area contributed by atoms with E-state index < -0.39 is 0 Å². The van der Waals surface area contributed by atoms with Crippen molar-refractivity contribution in [2.75, 3.05) is 32.7 Å². The Morgan fingerprint density at radius 3 is 2.27 bits per heavy atom. The third kappa shape index (κ3) is 5.98. The van der Waals surface area contributed by atoms with Crippen LogP contribution in [0, 0.1) is 11.3 Å². The molecule has 0 saturated carbocycles. The minimum atomic E-state index is 0.00366. The maximum Gasteiger partial charge on any atom is 0.223 e. The Hall–Kier alpha value is -1.88. The van der Waals surface area contributed by atoms with Crippen LogP contribution in [0.2, 0.25) is 5.02 Å². The monoisotopic (exact) mass is 467 g/mol. The van der Waals surface area contributed by atoms with Gasteiger partial charge < -0.3 is 10.2 Å². The summed E-state index contributed by atoms with van der Waals surface area (Å²) in [7, 11) is 0. The van der Waals surface area contributed by atoms with Crippen molar-refractivity contribution in [3.63, 3.8) is 0 Å². The topological polar surface area (TPSA) is 35.6 Å². The molecule has 2 aliphatic heterocycles. The normalized spacial score (nSPS) is 21.7. The highest BCUT2D eigenvalue weighted by molar-refractivity contribution is 6.30. The van der Waals surface area contributed by atoms with Gasteiger partial charge in [0, 0.05) is 37.1 Å². The summed E-state index contributed by atoms with van der Waals surface area (Å²) in [6.45, 7) is 11.4. The smallest absolute Gasteiger partial charge is 0.223 e. The first-order chi connectivity index (χ1) is 15.8. The number of benzene rings is 2. The highest BCUT2D eigenvalue weighted by Crippen LogP contribution is 2.36. The van der Waals surface area contributed by atoms with E-state index in [4.69, 9.17) is 11.6 Å². The summed E-state index contributed by atoms with van der Waals surface area (Å²) in [4.78, 5) is 18.2. The van der Waals surface area contributed by atoms with Gasteiger partial charge in [-0.05, 0) is 60.5 Å². The highest BCUT2D eigenvalue weighted by atomic mass is 35.5. The Morgan fingerprint density at radius 2 is 1.64 bits per heavy atom. The number of nitrogens with one attached hydrogen (secondary N) is 1. The van der Waals surface area contributed by atoms with Gasteiger partial charge in [-0.2, -0.15) is 0 Å². The molecule has 33 heavy (non-hydrogen) atoms. The van der Waals surface area contributed by atoms with Gasteiger partial charge >= 0.3 is 0 Å². The fraction of sp³-hybridized carbons (Fsp3) is 0.536. The zero-order chi connectivity index (χ0) is 23.4. The third-order valence-electron chi connectivity index (χ3n) is 7.32. The third-order valence-corrected chi connectivity index (χ3v) is 7.57. The molecule has 2 heterocycles. The molecule has 2 aromatic carbocycles. The number of amides is 1. The number of rotatable bonds is 5. The molecule has 0 aliphatic carbocycles. The van der Waals surface area contributed by atoms with E-state index in [1.807, 2.05) is 12.1 Å². The Labute approximate surface area is 204 Å². The van der Waals surface area contributed by atoms with Crippen molar-refractivity contribution in [2.45, 2.75) is 52.1 Å². The second-order valence-electron chi connectivity index (χ2n) is 10.7. The van der Waals surface area contributed by atoms with Crippen LogP contribution in [0.15, 0.2) is 54.6 Å².